The van der Waals surface area contributed by atoms with Gasteiger partial charge in [-0.05, 0) is 44.5 Å². The van der Waals surface area contributed by atoms with Crippen molar-refractivity contribution in [2.75, 3.05) is 11.4 Å². The van der Waals surface area contributed by atoms with Gasteiger partial charge < -0.3 is 4.90 Å². The van der Waals surface area contributed by atoms with Gasteiger partial charge in [0, 0.05) is 23.8 Å². The topological polar surface area (TPSA) is 3.24 Å². The van der Waals surface area contributed by atoms with E-state index in [9.17, 15) is 0 Å². The minimum absolute atomic E-state index is 0.541. The fourth-order valence-corrected chi connectivity index (χ4v) is 2.52. The van der Waals surface area contributed by atoms with Crippen LogP contribution in [0.15, 0.2) is 42.5 Å². The maximum atomic E-state index is 6.09. The van der Waals surface area contributed by atoms with Crippen LogP contribution in [0.25, 0.3) is 0 Å². The van der Waals surface area contributed by atoms with Crippen molar-refractivity contribution in [3.05, 3.63) is 59.2 Å². The van der Waals surface area contributed by atoms with E-state index in [4.69, 9.17) is 11.6 Å². The fourth-order valence-electron chi connectivity index (χ4n) is 2.30. The normalized spacial score (nSPS) is 10.5. The molecule has 0 N–H and O–H groups in total. The van der Waals surface area contributed by atoms with Crippen molar-refractivity contribution < 1.29 is 0 Å². The third kappa shape index (κ3) is 3.10. The van der Waals surface area contributed by atoms with E-state index in [1.807, 2.05) is 0 Å². The molecule has 0 heterocycles. The van der Waals surface area contributed by atoms with Gasteiger partial charge in [-0.25, -0.2) is 0 Å². The molecule has 0 amide bonds. The summed E-state index contributed by atoms with van der Waals surface area (Å²) >= 11 is 6.09. The van der Waals surface area contributed by atoms with E-state index in [1.165, 1.54) is 28.1 Å². The summed E-state index contributed by atoms with van der Waals surface area (Å²) < 4.78 is 0. The van der Waals surface area contributed by atoms with Gasteiger partial charge in [0.1, 0.15) is 0 Å². The Morgan fingerprint density at radius 2 is 1.58 bits per heavy atom. The second-order valence-electron chi connectivity index (χ2n) is 4.85. The summed E-state index contributed by atoms with van der Waals surface area (Å²) in [6, 6.07) is 15.1. The van der Waals surface area contributed by atoms with Gasteiger partial charge in [-0.1, -0.05) is 35.4 Å². The van der Waals surface area contributed by atoms with Crippen molar-refractivity contribution in [2.45, 2.75) is 26.7 Å². The molecule has 0 unspecified atom stereocenters. The number of halogens is 1. The Morgan fingerprint density at radius 3 is 2.16 bits per heavy atom. The van der Waals surface area contributed by atoms with E-state index in [1.54, 1.807) is 0 Å². The molecule has 0 atom stereocenters. The van der Waals surface area contributed by atoms with Gasteiger partial charge in [0.15, 0.2) is 0 Å². The molecule has 0 saturated carbocycles. The predicted octanol–water partition coefficient (Wildman–Crippen LogP) is 5.20. The second kappa shape index (κ2) is 6.12. The highest BCUT2D eigenvalue weighted by atomic mass is 35.5. The Labute approximate surface area is 120 Å². The van der Waals surface area contributed by atoms with Crippen molar-refractivity contribution in [3.63, 3.8) is 0 Å². The summed E-state index contributed by atoms with van der Waals surface area (Å²) in [6.07, 6.45) is 0. The van der Waals surface area contributed by atoms with Crippen LogP contribution in [-0.2, 0) is 5.88 Å². The summed E-state index contributed by atoms with van der Waals surface area (Å²) in [6.45, 7) is 7.30. The number of hydrogen-bond acceptors (Lipinski definition) is 1. The lowest BCUT2D eigenvalue weighted by atomic mass is 10.1. The van der Waals surface area contributed by atoms with Gasteiger partial charge in [-0.15, -0.1) is 11.6 Å². The fraction of sp³-hybridized carbons (Fsp3) is 0.294. The van der Waals surface area contributed by atoms with Crippen molar-refractivity contribution >= 4 is 23.0 Å². The van der Waals surface area contributed by atoms with Crippen molar-refractivity contribution in [1.29, 1.82) is 0 Å². The Balaban J connectivity index is 2.44. The summed E-state index contributed by atoms with van der Waals surface area (Å²) in [5.41, 5.74) is 6.12. The molecule has 100 valence electrons. The maximum Gasteiger partial charge on any atom is 0.0494 e. The first-order valence-electron chi connectivity index (χ1n) is 6.65. The molecule has 0 aliphatic rings. The lowest BCUT2D eigenvalue weighted by molar-refractivity contribution is 1.01. The van der Waals surface area contributed by atoms with Crippen LogP contribution in [0.5, 0.6) is 0 Å². The third-order valence-electron chi connectivity index (χ3n) is 3.33. The molecule has 0 aliphatic heterocycles. The molecule has 0 aliphatic carbocycles. The minimum Gasteiger partial charge on any atom is -0.342 e. The highest BCUT2D eigenvalue weighted by Gasteiger charge is 2.11. The van der Waals surface area contributed by atoms with Gasteiger partial charge in [-0.2, -0.15) is 0 Å². The van der Waals surface area contributed by atoms with Crippen molar-refractivity contribution in [1.82, 2.24) is 0 Å². The van der Waals surface area contributed by atoms with E-state index in [0.29, 0.717) is 5.88 Å². The zero-order valence-corrected chi connectivity index (χ0v) is 12.5. The Kier molecular flexibility index (Phi) is 4.49. The molecule has 2 aromatic rings. The van der Waals surface area contributed by atoms with E-state index < -0.39 is 0 Å². The lowest BCUT2D eigenvalue weighted by Crippen LogP contribution is -2.17. The molecular weight excluding hydrogens is 254 g/mol. The molecular formula is C17H20ClN. The van der Waals surface area contributed by atoms with Crippen molar-refractivity contribution in [2.24, 2.45) is 0 Å². The Morgan fingerprint density at radius 1 is 0.947 bits per heavy atom. The average Bonchev–Trinajstić information content (AvgIpc) is 2.43. The first-order valence-corrected chi connectivity index (χ1v) is 7.19. The molecule has 0 bridgehead atoms. The number of rotatable bonds is 4. The number of benzene rings is 2. The molecule has 0 fully saturated rings. The largest absolute Gasteiger partial charge is 0.342 e. The van der Waals surface area contributed by atoms with Crippen LogP contribution in [0.1, 0.15) is 23.6 Å². The number of nitrogens with zero attached hydrogens (tertiary/aromatic N) is 1. The van der Waals surface area contributed by atoms with Crippen LogP contribution in [-0.4, -0.2) is 6.54 Å². The number of aryl methyl sites for hydroxylation is 2. The summed E-state index contributed by atoms with van der Waals surface area (Å²) in [7, 11) is 0. The monoisotopic (exact) mass is 273 g/mol. The van der Waals surface area contributed by atoms with E-state index in [2.05, 4.69) is 68.1 Å². The lowest BCUT2D eigenvalue weighted by Gasteiger charge is -2.26. The molecule has 2 aromatic carbocycles. The number of anilines is 2. The maximum absolute atomic E-state index is 6.09. The molecule has 0 saturated heterocycles. The summed E-state index contributed by atoms with van der Waals surface area (Å²) in [5.74, 6) is 0.541. The summed E-state index contributed by atoms with van der Waals surface area (Å²) in [5, 5.41) is 0. The van der Waals surface area contributed by atoms with E-state index in [0.717, 1.165) is 6.54 Å². The van der Waals surface area contributed by atoms with Crippen LogP contribution in [0, 0.1) is 13.8 Å². The first kappa shape index (κ1) is 14.0. The summed E-state index contributed by atoms with van der Waals surface area (Å²) in [4.78, 5) is 2.30. The second-order valence-corrected chi connectivity index (χ2v) is 5.11. The van der Waals surface area contributed by atoms with E-state index >= 15 is 0 Å². The molecule has 0 aromatic heterocycles. The van der Waals surface area contributed by atoms with Gasteiger partial charge in [-0.3, -0.25) is 0 Å². The molecule has 2 heteroatoms. The molecule has 0 spiro atoms. The van der Waals surface area contributed by atoms with Gasteiger partial charge >= 0.3 is 0 Å². The van der Waals surface area contributed by atoms with Gasteiger partial charge in [0.2, 0.25) is 0 Å². The zero-order chi connectivity index (χ0) is 13.8. The molecule has 2 rings (SSSR count). The molecule has 19 heavy (non-hydrogen) atoms. The Hall–Kier alpha value is -1.47. The van der Waals surface area contributed by atoms with Crippen LogP contribution < -0.4 is 4.90 Å². The van der Waals surface area contributed by atoms with Crippen LogP contribution >= 0.6 is 11.6 Å². The first-order chi connectivity index (χ1) is 9.15. The molecule has 0 radical (unpaired) electrons. The quantitative estimate of drug-likeness (QED) is 0.692. The van der Waals surface area contributed by atoms with Gasteiger partial charge in [0.05, 0.1) is 0 Å². The van der Waals surface area contributed by atoms with Gasteiger partial charge in [0.25, 0.3) is 0 Å². The Bertz CT molecular complexity index is 546. The highest BCUT2D eigenvalue weighted by Crippen LogP contribution is 2.30. The van der Waals surface area contributed by atoms with Crippen LogP contribution in [0.4, 0.5) is 11.4 Å². The average molecular weight is 274 g/mol. The highest BCUT2D eigenvalue weighted by molar-refractivity contribution is 6.17. The third-order valence-corrected chi connectivity index (χ3v) is 3.62. The zero-order valence-electron chi connectivity index (χ0n) is 11.8. The van der Waals surface area contributed by atoms with Crippen molar-refractivity contribution in [3.8, 4) is 0 Å². The standard InChI is InChI=1S/C17H20ClN/c1-4-19(16-8-5-13(2)6-9-16)17-10-7-14(3)11-15(17)12-18/h5-11H,4,12H2,1-3H3. The number of hydrogen-bond donors (Lipinski definition) is 0. The molecule has 1 nitrogen and oxygen atoms in total. The van der Waals surface area contributed by atoms with Crippen LogP contribution in [0.2, 0.25) is 0 Å². The SMILES string of the molecule is CCN(c1ccc(C)cc1)c1ccc(C)cc1CCl. The number of alkyl halides is 1. The predicted molar refractivity (Wildman–Crippen MR) is 84.6 cm³/mol. The smallest absolute Gasteiger partial charge is 0.0494 e. The van der Waals surface area contributed by atoms with Crippen LogP contribution in [0.3, 0.4) is 0 Å². The minimum atomic E-state index is 0.541. The van der Waals surface area contributed by atoms with E-state index in [-0.39, 0.29) is 0 Å².